The summed E-state index contributed by atoms with van der Waals surface area (Å²) in [6.07, 6.45) is 3.08. The fraction of sp³-hybridized carbons (Fsp3) is 0.917. The number of hydrogen-bond acceptors (Lipinski definition) is 1. The number of carbonyl (C=O) groups is 1. The van der Waals surface area contributed by atoms with Crippen molar-refractivity contribution in [3.63, 3.8) is 0 Å². The van der Waals surface area contributed by atoms with Crippen LogP contribution in [0.25, 0.3) is 0 Å². The molecule has 0 aromatic rings. The van der Waals surface area contributed by atoms with Gasteiger partial charge in [-0.2, -0.15) is 0 Å². The Bertz CT molecular complexity index is 147. The SMILES string of the molecule is CC(C)C[C@H](C)CCC(=O)C(C)C. The molecule has 0 fully saturated rings. The summed E-state index contributed by atoms with van der Waals surface area (Å²) in [6.45, 7) is 10.7. The standard InChI is InChI=1S/C12H24O/c1-9(2)8-11(5)6-7-12(13)10(3)4/h9-11H,6-8H2,1-5H3/t11-/m1/s1. The van der Waals surface area contributed by atoms with Crippen LogP contribution in [0.5, 0.6) is 0 Å². The first-order valence-corrected chi connectivity index (χ1v) is 5.46. The summed E-state index contributed by atoms with van der Waals surface area (Å²) in [6, 6.07) is 0. The van der Waals surface area contributed by atoms with Crippen LogP contribution in [0, 0.1) is 17.8 Å². The van der Waals surface area contributed by atoms with Gasteiger partial charge in [-0.3, -0.25) is 4.79 Å². The van der Waals surface area contributed by atoms with Crippen LogP contribution in [0.15, 0.2) is 0 Å². The van der Waals surface area contributed by atoms with Gasteiger partial charge in [0.15, 0.2) is 0 Å². The lowest BCUT2D eigenvalue weighted by molar-refractivity contribution is -0.122. The first kappa shape index (κ1) is 12.7. The molecule has 0 N–H and O–H groups in total. The Kier molecular flexibility index (Phi) is 6.02. The molecule has 0 rings (SSSR count). The largest absolute Gasteiger partial charge is 0.299 e. The molecule has 0 aromatic heterocycles. The summed E-state index contributed by atoms with van der Waals surface area (Å²) >= 11 is 0. The molecule has 0 aromatic carbocycles. The Hall–Kier alpha value is -0.330. The average Bonchev–Trinajstić information content (AvgIpc) is 1.98. The van der Waals surface area contributed by atoms with Crippen molar-refractivity contribution in [2.75, 3.05) is 0 Å². The van der Waals surface area contributed by atoms with Crippen molar-refractivity contribution in [1.82, 2.24) is 0 Å². The van der Waals surface area contributed by atoms with Crippen LogP contribution in [-0.4, -0.2) is 5.78 Å². The van der Waals surface area contributed by atoms with E-state index in [0.717, 1.165) is 18.8 Å². The van der Waals surface area contributed by atoms with Crippen LogP contribution in [0.4, 0.5) is 0 Å². The Morgan fingerprint density at radius 3 is 2.00 bits per heavy atom. The monoisotopic (exact) mass is 184 g/mol. The molecule has 78 valence electrons. The molecular weight excluding hydrogens is 160 g/mol. The lowest BCUT2D eigenvalue weighted by Crippen LogP contribution is -2.09. The molecule has 0 amide bonds. The molecule has 0 radical (unpaired) electrons. The lowest BCUT2D eigenvalue weighted by atomic mass is 9.92. The highest BCUT2D eigenvalue weighted by atomic mass is 16.1. The predicted octanol–water partition coefficient (Wildman–Crippen LogP) is 3.67. The van der Waals surface area contributed by atoms with E-state index in [1.54, 1.807) is 0 Å². The van der Waals surface area contributed by atoms with Crippen LogP contribution in [0.2, 0.25) is 0 Å². The Balaban J connectivity index is 3.58. The zero-order valence-electron chi connectivity index (χ0n) is 9.76. The molecule has 13 heavy (non-hydrogen) atoms. The second-order valence-electron chi connectivity index (χ2n) is 4.89. The zero-order valence-corrected chi connectivity index (χ0v) is 9.76. The van der Waals surface area contributed by atoms with Crippen LogP contribution in [0.1, 0.15) is 53.9 Å². The molecular formula is C12H24O. The maximum Gasteiger partial charge on any atom is 0.135 e. The van der Waals surface area contributed by atoms with Crippen molar-refractivity contribution in [2.45, 2.75) is 53.9 Å². The quantitative estimate of drug-likeness (QED) is 0.615. The molecule has 0 aliphatic carbocycles. The third kappa shape index (κ3) is 6.80. The normalized spacial score (nSPS) is 13.8. The summed E-state index contributed by atoms with van der Waals surface area (Å²) in [5, 5.41) is 0. The van der Waals surface area contributed by atoms with Crippen molar-refractivity contribution in [3.8, 4) is 0 Å². The van der Waals surface area contributed by atoms with Crippen molar-refractivity contribution < 1.29 is 4.79 Å². The molecule has 0 heterocycles. The number of Topliss-reactive ketones (excluding diaryl/α,β-unsaturated/α-hetero) is 1. The molecule has 0 aliphatic rings. The fourth-order valence-electron chi connectivity index (χ4n) is 1.60. The predicted molar refractivity (Wildman–Crippen MR) is 57.7 cm³/mol. The third-order valence-electron chi connectivity index (χ3n) is 2.40. The second-order valence-corrected chi connectivity index (χ2v) is 4.89. The number of rotatable bonds is 6. The Labute approximate surface area is 82.9 Å². The number of hydrogen-bond donors (Lipinski definition) is 0. The first-order chi connectivity index (χ1) is 5.93. The van der Waals surface area contributed by atoms with Gasteiger partial charge in [0.05, 0.1) is 0 Å². The summed E-state index contributed by atoms with van der Waals surface area (Å²) in [7, 11) is 0. The summed E-state index contributed by atoms with van der Waals surface area (Å²) in [4.78, 5) is 11.3. The van der Waals surface area contributed by atoms with Crippen LogP contribution < -0.4 is 0 Å². The summed E-state index contributed by atoms with van der Waals surface area (Å²) in [5.41, 5.74) is 0. The average molecular weight is 184 g/mol. The molecule has 0 saturated carbocycles. The molecule has 1 heteroatoms. The molecule has 1 nitrogen and oxygen atoms in total. The van der Waals surface area contributed by atoms with Gasteiger partial charge < -0.3 is 0 Å². The van der Waals surface area contributed by atoms with Gasteiger partial charge in [-0.15, -0.1) is 0 Å². The van der Waals surface area contributed by atoms with Gasteiger partial charge in [-0.25, -0.2) is 0 Å². The Morgan fingerprint density at radius 1 is 1.08 bits per heavy atom. The van der Waals surface area contributed by atoms with Crippen LogP contribution in [-0.2, 0) is 4.79 Å². The number of ketones is 1. The molecule has 0 aliphatic heterocycles. The van der Waals surface area contributed by atoms with E-state index in [1.807, 2.05) is 13.8 Å². The lowest BCUT2D eigenvalue weighted by Gasteiger charge is -2.13. The van der Waals surface area contributed by atoms with Crippen molar-refractivity contribution in [2.24, 2.45) is 17.8 Å². The van der Waals surface area contributed by atoms with Gasteiger partial charge in [0, 0.05) is 12.3 Å². The van der Waals surface area contributed by atoms with E-state index in [9.17, 15) is 4.79 Å². The van der Waals surface area contributed by atoms with Crippen LogP contribution >= 0.6 is 0 Å². The van der Waals surface area contributed by atoms with Gasteiger partial charge in [0.2, 0.25) is 0 Å². The first-order valence-electron chi connectivity index (χ1n) is 5.46. The topological polar surface area (TPSA) is 17.1 Å². The zero-order chi connectivity index (χ0) is 10.4. The van der Waals surface area contributed by atoms with E-state index < -0.39 is 0 Å². The van der Waals surface area contributed by atoms with Gasteiger partial charge in [0.25, 0.3) is 0 Å². The molecule has 0 bridgehead atoms. The molecule has 1 atom stereocenters. The van der Waals surface area contributed by atoms with Gasteiger partial charge in [-0.1, -0.05) is 34.6 Å². The summed E-state index contributed by atoms with van der Waals surface area (Å²) in [5.74, 6) is 2.08. The highest BCUT2D eigenvalue weighted by Crippen LogP contribution is 2.17. The molecule has 0 saturated heterocycles. The van der Waals surface area contributed by atoms with Crippen molar-refractivity contribution in [1.29, 1.82) is 0 Å². The van der Waals surface area contributed by atoms with E-state index in [0.29, 0.717) is 11.7 Å². The maximum atomic E-state index is 11.3. The van der Waals surface area contributed by atoms with Gasteiger partial charge in [-0.05, 0) is 24.7 Å². The minimum Gasteiger partial charge on any atom is -0.299 e. The van der Waals surface area contributed by atoms with Crippen molar-refractivity contribution >= 4 is 5.78 Å². The third-order valence-corrected chi connectivity index (χ3v) is 2.40. The van der Waals surface area contributed by atoms with E-state index in [-0.39, 0.29) is 5.92 Å². The Morgan fingerprint density at radius 2 is 1.62 bits per heavy atom. The van der Waals surface area contributed by atoms with Gasteiger partial charge >= 0.3 is 0 Å². The minimum absolute atomic E-state index is 0.214. The fourth-order valence-corrected chi connectivity index (χ4v) is 1.60. The van der Waals surface area contributed by atoms with E-state index >= 15 is 0 Å². The molecule has 0 spiro atoms. The van der Waals surface area contributed by atoms with Crippen LogP contribution in [0.3, 0.4) is 0 Å². The minimum atomic E-state index is 0.214. The van der Waals surface area contributed by atoms with E-state index in [2.05, 4.69) is 20.8 Å². The highest BCUT2D eigenvalue weighted by molar-refractivity contribution is 5.80. The van der Waals surface area contributed by atoms with E-state index in [4.69, 9.17) is 0 Å². The smallest absolute Gasteiger partial charge is 0.135 e. The highest BCUT2D eigenvalue weighted by Gasteiger charge is 2.10. The summed E-state index contributed by atoms with van der Waals surface area (Å²) < 4.78 is 0. The number of carbonyl (C=O) groups excluding carboxylic acids is 1. The van der Waals surface area contributed by atoms with Crippen molar-refractivity contribution in [3.05, 3.63) is 0 Å². The molecule has 0 unspecified atom stereocenters. The van der Waals surface area contributed by atoms with E-state index in [1.165, 1.54) is 6.42 Å². The van der Waals surface area contributed by atoms with Gasteiger partial charge in [0.1, 0.15) is 5.78 Å². The second kappa shape index (κ2) is 6.17. The maximum absolute atomic E-state index is 11.3.